The first-order chi connectivity index (χ1) is 10.3. The Hall–Kier alpha value is -1.52. The van der Waals surface area contributed by atoms with Crippen molar-refractivity contribution in [2.45, 2.75) is 29.4 Å². The van der Waals surface area contributed by atoms with Crippen molar-refractivity contribution >= 4 is 39.0 Å². The van der Waals surface area contributed by atoms with Crippen LogP contribution in [0.3, 0.4) is 0 Å². The fraction of sp³-hybridized carbons (Fsp3) is 0.235. The summed E-state index contributed by atoms with van der Waals surface area (Å²) >= 11 is 3.55. The number of nitrogen functional groups attached to an aromatic ring is 1. The molecule has 4 heteroatoms. The molecule has 0 bridgehead atoms. The summed E-state index contributed by atoms with van der Waals surface area (Å²) in [6, 6.07) is 12.9. The number of nitrogens with two attached hydrogens (primary N) is 1. The lowest BCUT2D eigenvalue weighted by molar-refractivity contribution is 0.911. The zero-order chi connectivity index (χ0) is 14.2. The summed E-state index contributed by atoms with van der Waals surface area (Å²) in [5.74, 6) is 0.989. The topological polar surface area (TPSA) is 38.9 Å². The number of benzene rings is 2. The quantitative estimate of drug-likeness (QED) is 0.565. The second-order valence-electron chi connectivity index (χ2n) is 5.45. The van der Waals surface area contributed by atoms with Gasteiger partial charge >= 0.3 is 0 Å². The summed E-state index contributed by atoms with van der Waals surface area (Å²) < 4.78 is 2.29. The third-order valence-corrected chi connectivity index (χ3v) is 6.15. The van der Waals surface area contributed by atoms with E-state index in [0.717, 1.165) is 21.3 Å². The molecule has 0 aliphatic heterocycles. The minimum Gasteiger partial charge on any atom is -0.399 e. The minimum absolute atomic E-state index is 0.807. The molecule has 2 N–H and O–H groups in total. The van der Waals surface area contributed by atoms with Crippen LogP contribution in [0.15, 0.2) is 40.7 Å². The maximum atomic E-state index is 5.82. The van der Waals surface area contributed by atoms with Crippen LogP contribution >= 0.6 is 23.1 Å². The molecule has 0 radical (unpaired) electrons. The van der Waals surface area contributed by atoms with Crippen molar-refractivity contribution < 1.29 is 0 Å². The predicted molar refractivity (Wildman–Crippen MR) is 92.1 cm³/mol. The Balaban J connectivity index is 1.52. The van der Waals surface area contributed by atoms with Crippen molar-refractivity contribution in [3.63, 3.8) is 0 Å². The second kappa shape index (κ2) is 5.35. The molecule has 2 nitrogen and oxygen atoms in total. The number of hydrogen-bond acceptors (Lipinski definition) is 4. The van der Waals surface area contributed by atoms with Gasteiger partial charge in [0.05, 0.1) is 10.2 Å². The van der Waals surface area contributed by atoms with Gasteiger partial charge in [-0.3, -0.25) is 0 Å². The van der Waals surface area contributed by atoms with E-state index in [9.17, 15) is 0 Å². The van der Waals surface area contributed by atoms with Gasteiger partial charge in [-0.1, -0.05) is 30.0 Å². The molecule has 0 fully saturated rings. The smallest absolute Gasteiger partial charge is 0.151 e. The van der Waals surface area contributed by atoms with Crippen LogP contribution in [-0.4, -0.2) is 4.98 Å². The van der Waals surface area contributed by atoms with E-state index >= 15 is 0 Å². The molecule has 106 valence electrons. The van der Waals surface area contributed by atoms with Crippen molar-refractivity contribution in [3.05, 3.63) is 53.1 Å². The number of nitrogens with zero attached hydrogens (tertiary/aromatic N) is 1. The van der Waals surface area contributed by atoms with Gasteiger partial charge < -0.3 is 5.73 Å². The molecule has 0 amide bonds. The van der Waals surface area contributed by atoms with Crippen LogP contribution in [-0.2, 0) is 18.6 Å². The standard InChI is InChI=1S/C17H16N2S2/c18-14-6-7-15-16(9-14)21-17(19-15)20-10-11-4-5-12-2-1-3-13(12)8-11/h4-9H,1-3,10,18H2. The molecule has 1 aliphatic rings. The van der Waals surface area contributed by atoms with Gasteiger partial charge in [0.25, 0.3) is 0 Å². The number of fused-ring (bicyclic) bond motifs is 2. The molecule has 2 aromatic carbocycles. The van der Waals surface area contributed by atoms with E-state index in [1.54, 1.807) is 22.5 Å². The molecule has 0 saturated carbocycles. The summed E-state index contributed by atoms with van der Waals surface area (Å²) in [5.41, 5.74) is 12.2. The Bertz CT molecular complexity index is 808. The van der Waals surface area contributed by atoms with Crippen molar-refractivity contribution in [2.24, 2.45) is 0 Å². The van der Waals surface area contributed by atoms with E-state index in [2.05, 4.69) is 23.2 Å². The third kappa shape index (κ3) is 2.65. The van der Waals surface area contributed by atoms with Gasteiger partial charge in [-0.2, -0.15) is 0 Å². The van der Waals surface area contributed by atoms with Crippen molar-refractivity contribution in [2.75, 3.05) is 5.73 Å². The first-order valence-corrected chi connectivity index (χ1v) is 8.98. The van der Waals surface area contributed by atoms with Crippen molar-refractivity contribution in [1.29, 1.82) is 0 Å². The minimum atomic E-state index is 0.807. The van der Waals surface area contributed by atoms with Gasteiger partial charge in [-0.15, -0.1) is 11.3 Å². The van der Waals surface area contributed by atoms with Gasteiger partial charge in [0.15, 0.2) is 4.34 Å². The summed E-state index contributed by atoms with van der Waals surface area (Å²) in [6.45, 7) is 0. The zero-order valence-electron chi connectivity index (χ0n) is 11.6. The predicted octanol–water partition coefficient (Wildman–Crippen LogP) is 4.66. The number of hydrogen-bond donors (Lipinski definition) is 1. The van der Waals surface area contributed by atoms with Gasteiger partial charge in [-0.05, 0) is 54.2 Å². The van der Waals surface area contributed by atoms with Gasteiger partial charge in [0.1, 0.15) is 0 Å². The SMILES string of the molecule is Nc1ccc2nc(SCc3ccc4c(c3)CCC4)sc2c1. The molecule has 1 heterocycles. The Labute approximate surface area is 132 Å². The highest BCUT2D eigenvalue weighted by Gasteiger charge is 2.11. The Morgan fingerprint density at radius 2 is 2.00 bits per heavy atom. The molecule has 3 aromatic rings. The molecule has 0 saturated heterocycles. The lowest BCUT2D eigenvalue weighted by atomic mass is 10.1. The normalized spacial score (nSPS) is 13.7. The molecule has 0 spiro atoms. The van der Waals surface area contributed by atoms with Crippen LogP contribution < -0.4 is 5.73 Å². The first kappa shape index (κ1) is 13.2. The lowest BCUT2D eigenvalue weighted by Crippen LogP contribution is -1.86. The van der Waals surface area contributed by atoms with E-state index in [-0.39, 0.29) is 0 Å². The summed E-state index contributed by atoms with van der Waals surface area (Å²) in [6.07, 6.45) is 3.81. The van der Waals surface area contributed by atoms with Crippen molar-refractivity contribution in [3.8, 4) is 0 Å². The monoisotopic (exact) mass is 312 g/mol. The number of aryl methyl sites for hydroxylation is 2. The maximum absolute atomic E-state index is 5.82. The molecule has 0 atom stereocenters. The number of aromatic nitrogens is 1. The van der Waals surface area contributed by atoms with E-state index in [1.807, 2.05) is 30.0 Å². The Morgan fingerprint density at radius 1 is 1.10 bits per heavy atom. The molecule has 0 unspecified atom stereocenters. The number of thioether (sulfide) groups is 1. The second-order valence-corrected chi connectivity index (χ2v) is 7.71. The van der Waals surface area contributed by atoms with Gasteiger partial charge in [0, 0.05) is 11.4 Å². The third-order valence-electron chi connectivity index (χ3n) is 3.92. The summed E-state index contributed by atoms with van der Waals surface area (Å²) in [4.78, 5) is 4.67. The number of thiazole rings is 1. The molecular weight excluding hydrogens is 296 g/mol. The average Bonchev–Trinajstić information content (AvgIpc) is 3.09. The molecule has 1 aliphatic carbocycles. The van der Waals surface area contributed by atoms with Crippen LogP contribution in [0, 0.1) is 0 Å². The van der Waals surface area contributed by atoms with Crippen molar-refractivity contribution in [1.82, 2.24) is 4.98 Å². The molecule has 4 rings (SSSR count). The fourth-order valence-corrected chi connectivity index (χ4v) is 4.90. The highest BCUT2D eigenvalue weighted by molar-refractivity contribution is 8.00. The summed E-state index contributed by atoms with van der Waals surface area (Å²) in [7, 11) is 0. The van der Waals surface area contributed by atoms with E-state index in [4.69, 9.17) is 5.73 Å². The van der Waals surface area contributed by atoms with Crippen LogP contribution in [0.5, 0.6) is 0 Å². The molecule has 21 heavy (non-hydrogen) atoms. The van der Waals surface area contributed by atoms with Crippen LogP contribution in [0.25, 0.3) is 10.2 Å². The molecular formula is C17H16N2S2. The van der Waals surface area contributed by atoms with Crippen LogP contribution in [0.2, 0.25) is 0 Å². The van der Waals surface area contributed by atoms with Gasteiger partial charge in [-0.25, -0.2) is 4.98 Å². The van der Waals surface area contributed by atoms with E-state index in [1.165, 1.54) is 29.5 Å². The van der Waals surface area contributed by atoms with Crippen LogP contribution in [0.4, 0.5) is 5.69 Å². The van der Waals surface area contributed by atoms with E-state index < -0.39 is 0 Å². The largest absolute Gasteiger partial charge is 0.399 e. The highest BCUT2D eigenvalue weighted by Crippen LogP contribution is 2.33. The van der Waals surface area contributed by atoms with E-state index in [0.29, 0.717) is 0 Å². The maximum Gasteiger partial charge on any atom is 0.151 e. The average molecular weight is 312 g/mol. The number of rotatable bonds is 3. The van der Waals surface area contributed by atoms with Gasteiger partial charge in [0.2, 0.25) is 0 Å². The fourth-order valence-electron chi connectivity index (χ4n) is 2.84. The first-order valence-electron chi connectivity index (χ1n) is 7.17. The molecule has 1 aromatic heterocycles. The summed E-state index contributed by atoms with van der Waals surface area (Å²) in [5, 5.41) is 0. The number of anilines is 1. The Kier molecular flexibility index (Phi) is 3.36. The zero-order valence-corrected chi connectivity index (χ0v) is 13.3. The van der Waals surface area contributed by atoms with Crippen LogP contribution in [0.1, 0.15) is 23.1 Å². The highest BCUT2D eigenvalue weighted by atomic mass is 32.2. The Morgan fingerprint density at radius 3 is 2.95 bits per heavy atom. The lowest BCUT2D eigenvalue weighted by Gasteiger charge is -2.03.